The van der Waals surface area contributed by atoms with Gasteiger partial charge >= 0.3 is 6.03 Å². The van der Waals surface area contributed by atoms with Crippen LogP contribution >= 0.6 is 0 Å². The second-order valence-corrected chi connectivity index (χ2v) is 6.06. The van der Waals surface area contributed by atoms with Crippen LogP contribution in [0.25, 0.3) is 10.9 Å². The van der Waals surface area contributed by atoms with E-state index in [1.807, 2.05) is 35.0 Å². The fraction of sp³-hybridized carbons (Fsp3) is 0.412. The molecule has 0 unspecified atom stereocenters. The number of rotatable bonds is 6. The van der Waals surface area contributed by atoms with Crippen LogP contribution in [0, 0.1) is 0 Å². The second-order valence-electron chi connectivity index (χ2n) is 6.06. The van der Waals surface area contributed by atoms with Crippen molar-refractivity contribution < 1.29 is 14.6 Å². The van der Waals surface area contributed by atoms with Gasteiger partial charge in [-0.2, -0.15) is 5.10 Å². The van der Waals surface area contributed by atoms with Gasteiger partial charge in [0.1, 0.15) is 0 Å². The molecule has 0 bridgehead atoms. The second kappa shape index (κ2) is 8.11. The lowest BCUT2D eigenvalue weighted by molar-refractivity contribution is 0.0117. The van der Waals surface area contributed by atoms with E-state index in [0.29, 0.717) is 26.3 Å². The number of urea groups is 1. The van der Waals surface area contributed by atoms with Crippen molar-refractivity contribution in [1.29, 1.82) is 0 Å². The molecule has 2 aromatic rings. The summed E-state index contributed by atoms with van der Waals surface area (Å²) in [6, 6.07) is 7.16. The van der Waals surface area contributed by atoms with E-state index >= 15 is 0 Å². The maximum Gasteiger partial charge on any atom is 0.332 e. The first-order chi connectivity index (χ1) is 12.1. The highest BCUT2D eigenvalue weighted by atomic mass is 16.5. The number of nitrogens with two attached hydrogens (primary N) is 1. The quantitative estimate of drug-likeness (QED) is 0.518. The number of ether oxygens (including phenoxy) is 1. The summed E-state index contributed by atoms with van der Waals surface area (Å²) in [5, 5.41) is 15.3. The van der Waals surface area contributed by atoms with Crippen molar-refractivity contribution in [2.75, 3.05) is 32.8 Å². The van der Waals surface area contributed by atoms with Crippen molar-refractivity contribution in [3.63, 3.8) is 0 Å². The number of hydrogen-bond donors (Lipinski definition) is 3. The van der Waals surface area contributed by atoms with Gasteiger partial charge in [0, 0.05) is 48.8 Å². The average molecular weight is 345 g/mol. The Hall–Kier alpha value is -2.42. The van der Waals surface area contributed by atoms with Crippen molar-refractivity contribution >= 4 is 23.1 Å². The molecule has 1 aromatic carbocycles. The number of aliphatic hydroxyl groups is 1. The Kier molecular flexibility index (Phi) is 5.64. The number of amides is 2. The van der Waals surface area contributed by atoms with Gasteiger partial charge in [-0.1, -0.05) is 18.2 Å². The normalized spacial score (nSPS) is 17.2. The number of carbonyl (C=O) groups excluding carboxylic acids is 1. The summed E-state index contributed by atoms with van der Waals surface area (Å²) in [6.45, 7) is 4.22. The molecule has 1 saturated heterocycles. The van der Waals surface area contributed by atoms with Crippen molar-refractivity contribution in [2.45, 2.75) is 12.6 Å². The van der Waals surface area contributed by atoms with Crippen LogP contribution in [0.5, 0.6) is 0 Å². The summed E-state index contributed by atoms with van der Waals surface area (Å²) >= 11 is 0. The number of nitrogens with zero attached hydrogens (tertiary/aromatic N) is 3. The Morgan fingerprint density at radius 3 is 2.88 bits per heavy atom. The molecule has 0 radical (unpaired) electrons. The summed E-state index contributed by atoms with van der Waals surface area (Å²) in [6.07, 6.45) is 2.99. The summed E-state index contributed by atoms with van der Waals surface area (Å²) in [4.78, 5) is 12.9. The molecule has 1 aromatic heterocycles. The zero-order valence-corrected chi connectivity index (χ0v) is 14.0. The number of β-amino-alcohol motifs (C(OH)–C–C–N with tert-alkyl or cyclic N) is 1. The topological polar surface area (TPSA) is 105 Å². The number of hydrazone groups is 1. The van der Waals surface area contributed by atoms with Gasteiger partial charge in [-0.3, -0.25) is 4.90 Å². The summed E-state index contributed by atoms with van der Waals surface area (Å²) in [5.74, 6) is 0. The molecule has 0 spiro atoms. The number of aromatic nitrogens is 1. The molecule has 25 heavy (non-hydrogen) atoms. The van der Waals surface area contributed by atoms with Crippen LogP contribution in [0.3, 0.4) is 0 Å². The molecule has 1 aliphatic rings. The third-order valence-corrected chi connectivity index (χ3v) is 4.18. The molecule has 0 saturated carbocycles. The van der Waals surface area contributed by atoms with Crippen LogP contribution in [0.2, 0.25) is 0 Å². The predicted octanol–water partition coefficient (Wildman–Crippen LogP) is 0.337. The minimum absolute atomic E-state index is 0.481. The van der Waals surface area contributed by atoms with Crippen LogP contribution in [0.15, 0.2) is 35.6 Å². The van der Waals surface area contributed by atoms with Gasteiger partial charge in [0.25, 0.3) is 0 Å². The van der Waals surface area contributed by atoms with Crippen molar-refractivity contribution in [3.8, 4) is 0 Å². The van der Waals surface area contributed by atoms with Gasteiger partial charge in [-0.05, 0) is 6.07 Å². The summed E-state index contributed by atoms with van der Waals surface area (Å²) in [5.41, 5.74) is 9.06. The molecule has 8 nitrogen and oxygen atoms in total. The number of benzene rings is 1. The van der Waals surface area contributed by atoms with Gasteiger partial charge in [-0.25, -0.2) is 10.2 Å². The van der Waals surface area contributed by atoms with E-state index in [9.17, 15) is 9.90 Å². The predicted molar refractivity (Wildman–Crippen MR) is 95.5 cm³/mol. The van der Waals surface area contributed by atoms with Crippen LogP contribution in [-0.4, -0.2) is 65.8 Å². The number of primary amides is 1. The average Bonchev–Trinajstić information content (AvgIpc) is 2.93. The molecular formula is C17H23N5O3. The lowest BCUT2D eigenvalue weighted by Gasteiger charge is -2.28. The molecule has 1 atom stereocenters. The highest BCUT2D eigenvalue weighted by molar-refractivity contribution is 5.99. The van der Waals surface area contributed by atoms with Crippen molar-refractivity contribution in [3.05, 3.63) is 36.0 Å². The first kappa shape index (κ1) is 17.4. The summed E-state index contributed by atoms with van der Waals surface area (Å²) in [7, 11) is 0. The Morgan fingerprint density at radius 2 is 2.12 bits per heavy atom. The third kappa shape index (κ3) is 4.56. The van der Waals surface area contributed by atoms with E-state index in [1.165, 1.54) is 0 Å². The molecule has 2 amide bonds. The Morgan fingerprint density at radius 1 is 1.36 bits per heavy atom. The van der Waals surface area contributed by atoms with E-state index < -0.39 is 12.1 Å². The SMILES string of the molecule is NC(=O)NN=Cc1cn(C[C@H](O)CN2CCOCC2)c2ccccc12. The molecule has 0 aliphatic carbocycles. The molecule has 3 rings (SSSR count). The van der Waals surface area contributed by atoms with Gasteiger partial charge in [0.05, 0.1) is 25.5 Å². The van der Waals surface area contributed by atoms with Gasteiger partial charge in [0.2, 0.25) is 0 Å². The summed E-state index contributed by atoms with van der Waals surface area (Å²) < 4.78 is 7.34. The maximum atomic E-state index is 10.7. The van der Waals surface area contributed by atoms with Gasteiger partial charge in [-0.15, -0.1) is 0 Å². The van der Waals surface area contributed by atoms with Crippen LogP contribution in [0.1, 0.15) is 5.56 Å². The number of carbonyl (C=O) groups is 1. The molecule has 1 fully saturated rings. The van der Waals surface area contributed by atoms with Crippen LogP contribution in [0.4, 0.5) is 4.79 Å². The highest BCUT2D eigenvalue weighted by Gasteiger charge is 2.16. The molecule has 134 valence electrons. The first-order valence-corrected chi connectivity index (χ1v) is 8.28. The van der Waals surface area contributed by atoms with E-state index in [4.69, 9.17) is 10.5 Å². The molecule has 4 N–H and O–H groups in total. The van der Waals surface area contributed by atoms with Crippen molar-refractivity contribution in [1.82, 2.24) is 14.9 Å². The van der Waals surface area contributed by atoms with E-state index in [0.717, 1.165) is 29.6 Å². The Labute approximate surface area is 145 Å². The van der Waals surface area contributed by atoms with E-state index in [1.54, 1.807) is 6.21 Å². The first-order valence-electron chi connectivity index (χ1n) is 8.28. The smallest absolute Gasteiger partial charge is 0.332 e. The molecule has 1 aliphatic heterocycles. The fourth-order valence-corrected chi connectivity index (χ4v) is 3.06. The maximum absolute atomic E-state index is 10.7. The molecular weight excluding hydrogens is 322 g/mol. The minimum atomic E-state index is -0.707. The largest absolute Gasteiger partial charge is 0.390 e. The molecule has 2 heterocycles. The fourth-order valence-electron chi connectivity index (χ4n) is 3.06. The number of fused-ring (bicyclic) bond motifs is 1. The number of nitrogens with one attached hydrogen (secondary N) is 1. The standard InChI is InChI=1S/C17H23N5O3/c18-17(24)20-19-9-13-10-22(16-4-2-1-3-15(13)16)12-14(23)11-21-5-7-25-8-6-21/h1-4,9-10,14,23H,5-8,11-12H2,(H3,18,20,24)/t14-/m1/s1. The molecule has 8 heteroatoms. The van der Waals surface area contributed by atoms with E-state index in [-0.39, 0.29) is 0 Å². The monoisotopic (exact) mass is 345 g/mol. The van der Waals surface area contributed by atoms with Gasteiger partial charge in [0.15, 0.2) is 0 Å². The number of aliphatic hydroxyl groups excluding tert-OH is 1. The Bertz CT molecular complexity index is 752. The Balaban J connectivity index is 1.74. The van der Waals surface area contributed by atoms with E-state index in [2.05, 4.69) is 15.4 Å². The zero-order chi connectivity index (χ0) is 17.6. The lowest BCUT2D eigenvalue weighted by atomic mass is 10.2. The van der Waals surface area contributed by atoms with Crippen molar-refractivity contribution in [2.24, 2.45) is 10.8 Å². The van der Waals surface area contributed by atoms with Gasteiger partial charge < -0.3 is 20.1 Å². The minimum Gasteiger partial charge on any atom is -0.390 e. The number of para-hydroxylation sites is 1. The number of hydrogen-bond acceptors (Lipinski definition) is 5. The highest BCUT2D eigenvalue weighted by Crippen LogP contribution is 2.20. The lowest BCUT2D eigenvalue weighted by Crippen LogP contribution is -2.41. The zero-order valence-electron chi connectivity index (χ0n) is 14.0. The van der Waals surface area contributed by atoms with Crippen LogP contribution < -0.4 is 11.2 Å². The number of morpholine rings is 1. The van der Waals surface area contributed by atoms with Crippen LogP contribution in [-0.2, 0) is 11.3 Å². The third-order valence-electron chi connectivity index (χ3n) is 4.18.